The molecule has 0 saturated carbocycles. The van der Waals surface area contributed by atoms with Gasteiger partial charge < -0.3 is 15.0 Å². The van der Waals surface area contributed by atoms with Crippen molar-refractivity contribution < 1.29 is 14.3 Å². The maximum atomic E-state index is 13.4. The van der Waals surface area contributed by atoms with Gasteiger partial charge in [-0.15, -0.1) is 0 Å². The number of para-hydroxylation sites is 1. The van der Waals surface area contributed by atoms with Gasteiger partial charge in [-0.1, -0.05) is 50.2 Å². The fourth-order valence-corrected chi connectivity index (χ4v) is 4.86. The van der Waals surface area contributed by atoms with Crippen LogP contribution in [0.2, 0.25) is 0 Å². The number of benzene rings is 2. The average Bonchev–Trinajstić information content (AvgIpc) is 3.39. The summed E-state index contributed by atoms with van der Waals surface area (Å²) in [7, 11) is 3.45. The van der Waals surface area contributed by atoms with Crippen molar-refractivity contribution in [2.45, 2.75) is 19.8 Å². The Morgan fingerprint density at radius 3 is 2.44 bits per heavy atom. The van der Waals surface area contributed by atoms with E-state index in [2.05, 4.69) is 14.7 Å². The number of ether oxygens (including phenoxy) is 1. The van der Waals surface area contributed by atoms with Crippen LogP contribution in [0.25, 0.3) is 11.3 Å². The number of nitrogens with zero attached hydrogens (tertiary/aromatic N) is 4. The third kappa shape index (κ3) is 4.22. The van der Waals surface area contributed by atoms with Gasteiger partial charge in [0.15, 0.2) is 0 Å². The number of amides is 2. The average molecular weight is 500 g/mol. The molecule has 1 N–H and O–H groups in total. The summed E-state index contributed by atoms with van der Waals surface area (Å²) in [4.78, 5) is 36.1. The van der Waals surface area contributed by atoms with Crippen LogP contribution in [0.1, 0.15) is 41.3 Å². The second-order valence-electron chi connectivity index (χ2n) is 9.36. The molecule has 0 spiro atoms. The lowest BCUT2D eigenvalue weighted by atomic mass is 9.69. The topological polar surface area (TPSA) is 97.3 Å². The van der Waals surface area contributed by atoms with Crippen molar-refractivity contribution in [1.29, 1.82) is 0 Å². The first-order chi connectivity index (χ1) is 17.3. The van der Waals surface area contributed by atoms with Gasteiger partial charge in [0.25, 0.3) is 5.91 Å². The molecular formula is C27H25N5O3S. The third-order valence-corrected chi connectivity index (χ3v) is 6.94. The zero-order valence-corrected chi connectivity index (χ0v) is 21.2. The lowest BCUT2D eigenvalue weighted by Crippen LogP contribution is -2.38. The lowest BCUT2D eigenvalue weighted by molar-refractivity contribution is -0.124. The van der Waals surface area contributed by atoms with Crippen LogP contribution in [-0.2, 0) is 4.79 Å². The molecule has 9 heteroatoms. The summed E-state index contributed by atoms with van der Waals surface area (Å²) in [6.07, 6.45) is 1.42. The minimum atomic E-state index is -0.850. The van der Waals surface area contributed by atoms with Gasteiger partial charge >= 0.3 is 0 Å². The van der Waals surface area contributed by atoms with Crippen molar-refractivity contribution in [3.05, 3.63) is 83.7 Å². The van der Waals surface area contributed by atoms with E-state index in [9.17, 15) is 9.59 Å². The molecule has 2 aromatic heterocycles. The summed E-state index contributed by atoms with van der Waals surface area (Å²) in [5, 5.41) is 3.35. The minimum absolute atomic E-state index is 0.0585. The van der Waals surface area contributed by atoms with E-state index in [1.54, 1.807) is 31.1 Å². The van der Waals surface area contributed by atoms with Crippen LogP contribution in [0.15, 0.2) is 67.0 Å². The molecule has 4 aromatic rings. The molecule has 2 amide bonds. The highest BCUT2D eigenvalue weighted by molar-refractivity contribution is 7.09. The van der Waals surface area contributed by atoms with Gasteiger partial charge in [-0.2, -0.15) is 4.37 Å². The van der Waals surface area contributed by atoms with E-state index in [0.717, 1.165) is 28.2 Å². The van der Waals surface area contributed by atoms with E-state index >= 15 is 0 Å². The zero-order chi connectivity index (χ0) is 25.4. The second-order valence-corrected chi connectivity index (χ2v) is 10.1. The van der Waals surface area contributed by atoms with Gasteiger partial charge in [0.2, 0.25) is 16.9 Å². The molecule has 182 valence electrons. The number of nitrogens with one attached hydrogen (secondary N) is 1. The van der Waals surface area contributed by atoms with E-state index in [4.69, 9.17) is 9.72 Å². The summed E-state index contributed by atoms with van der Waals surface area (Å²) in [5.41, 5.74) is 3.08. The Hall–Kier alpha value is -4.11. The molecule has 0 radical (unpaired) electrons. The van der Waals surface area contributed by atoms with Crippen molar-refractivity contribution >= 4 is 28.5 Å². The molecule has 1 atom stereocenters. The molecule has 8 nitrogen and oxygen atoms in total. The molecule has 0 saturated heterocycles. The molecule has 1 aliphatic rings. The van der Waals surface area contributed by atoms with Gasteiger partial charge in [-0.3, -0.25) is 9.59 Å². The number of hydrogen-bond donors (Lipinski definition) is 1. The Kier molecular flexibility index (Phi) is 6.01. The Morgan fingerprint density at radius 2 is 1.75 bits per heavy atom. The summed E-state index contributed by atoms with van der Waals surface area (Å²) in [5.74, 6) is 0.603. The minimum Gasteiger partial charge on any atom is -0.438 e. The quantitative estimate of drug-likeness (QED) is 0.405. The maximum Gasteiger partial charge on any atom is 0.253 e. The van der Waals surface area contributed by atoms with E-state index in [1.807, 2.05) is 62.4 Å². The van der Waals surface area contributed by atoms with Crippen LogP contribution in [0.5, 0.6) is 11.6 Å². The Bertz CT molecular complexity index is 1430. The van der Waals surface area contributed by atoms with Gasteiger partial charge in [-0.25, -0.2) is 9.97 Å². The Morgan fingerprint density at radius 1 is 1.00 bits per heavy atom. The van der Waals surface area contributed by atoms with Gasteiger partial charge in [0, 0.05) is 53.8 Å². The summed E-state index contributed by atoms with van der Waals surface area (Å²) in [6.45, 7) is 3.82. The van der Waals surface area contributed by atoms with Crippen LogP contribution < -0.4 is 10.1 Å². The van der Waals surface area contributed by atoms with Crippen LogP contribution in [0, 0.1) is 5.41 Å². The van der Waals surface area contributed by atoms with Gasteiger partial charge in [0.1, 0.15) is 12.1 Å². The van der Waals surface area contributed by atoms with Crippen LogP contribution in [0.4, 0.5) is 5.13 Å². The highest BCUT2D eigenvalue weighted by Gasteiger charge is 2.44. The largest absolute Gasteiger partial charge is 0.438 e. The molecule has 36 heavy (non-hydrogen) atoms. The first kappa shape index (κ1) is 23.6. The Balaban J connectivity index is 1.53. The predicted molar refractivity (Wildman–Crippen MR) is 138 cm³/mol. The van der Waals surface area contributed by atoms with E-state index in [1.165, 1.54) is 6.33 Å². The SMILES string of the molecule is CN(C)C(=O)c1ccc(-c2ccc3c(n2)Oc2ccccc2[C@@H]3C(C)(C)C(=O)Nc2ncns2)cc1. The molecular weight excluding hydrogens is 474 g/mol. The predicted octanol–water partition coefficient (Wildman–Crippen LogP) is 5.20. The molecule has 3 heterocycles. The van der Waals surface area contributed by atoms with Crippen molar-refractivity contribution in [3.63, 3.8) is 0 Å². The van der Waals surface area contributed by atoms with Crippen LogP contribution in [-0.4, -0.2) is 45.2 Å². The standard InChI is InChI=1S/C27H25N5O3S/c1-27(2,25(34)31-26-28-15-29-36-26)22-18-7-5-6-8-21(18)35-23-19(22)13-14-20(30-23)16-9-11-17(12-10-16)24(33)32(3)4/h5-15,22H,1-4H3,(H,28,29,31,34)/t22-/m0/s1. The number of carbonyl (C=O) groups excluding carboxylic acids is 2. The molecule has 5 rings (SSSR count). The first-order valence-corrected chi connectivity index (χ1v) is 12.2. The molecule has 0 aliphatic carbocycles. The number of hydrogen-bond acceptors (Lipinski definition) is 7. The van der Waals surface area contributed by atoms with E-state index < -0.39 is 5.41 Å². The number of fused-ring (bicyclic) bond motifs is 2. The number of anilines is 1. The molecule has 1 aliphatic heterocycles. The summed E-state index contributed by atoms with van der Waals surface area (Å²) >= 11 is 1.14. The molecule has 0 unspecified atom stereocenters. The van der Waals surface area contributed by atoms with Gasteiger partial charge in [-0.05, 0) is 24.3 Å². The molecule has 0 bridgehead atoms. The first-order valence-electron chi connectivity index (χ1n) is 11.4. The number of pyridine rings is 1. The second kappa shape index (κ2) is 9.16. The highest BCUT2D eigenvalue weighted by Crippen LogP contribution is 2.52. The van der Waals surface area contributed by atoms with Crippen molar-refractivity contribution in [2.75, 3.05) is 19.4 Å². The fraction of sp³-hybridized carbons (Fsp3) is 0.222. The number of aromatic nitrogens is 3. The normalized spacial score (nSPS) is 14.3. The smallest absolute Gasteiger partial charge is 0.253 e. The highest BCUT2D eigenvalue weighted by atomic mass is 32.1. The Labute approximate surface area is 213 Å². The van der Waals surface area contributed by atoms with E-state index in [0.29, 0.717) is 28.0 Å². The molecule has 2 aromatic carbocycles. The van der Waals surface area contributed by atoms with Crippen LogP contribution in [0.3, 0.4) is 0 Å². The van der Waals surface area contributed by atoms with Crippen molar-refractivity contribution in [2.24, 2.45) is 5.41 Å². The fourth-order valence-electron chi connectivity index (χ4n) is 4.43. The van der Waals surface area contributed by atoms with Gasteiger partial charge in [0.05, 0.1) is 11.1 Å². The van der Waals surface area contributed by atoms with Crippen molar-refractivity contribution in [1.82, 2.24) is 19.2 Å². The van der Waals surface area contributed by atoms with E-state index in [-0.39, 0.29) is 17.7 Å². The van der Waals surface area contributed by atoms with Crippen molar-refractivity contribution in [3.8, 4) is 22.9 Å². The number of carbonyl (C=O) groups is 2. The monoisotopic (exact) mass is 499 g/mol. The number of rotatable bonds is 5. The molecule has 0 fully saturated rings. The summed E-state index contributed by atoms with van der Waals surface area (Å²) in [6, 6.07) is 18.9. The zero-order valence-electron chi connectivity index (χ0n) is 20.4. The third-order valence-electron chi connectivity index (χ3n) is 6.36. The maximum absolute atomic E-state index is 13.4. The summed E-state index contributed by atoms with van der Waals surface area (Å²) < 4.78 is 10.2. The lowest BCUT2D eigenvalue weighted by Gasteiger charge is -2.37. The van der Waals surface area contributed by atoms with Crippen LogP contribution >= 0.6 is 11.5 Å².